The molecule has 1 aromatic heterocycles. The number of nitrogens with one attached hydrogen (secondary N) is 2. The Kier molecular flexibility index (Phi) is 7.14. The average Bonchev–Trinajstić information content (AvgIpc) is 2.65. The molecular formula is C20H25N3O3. The van der Waals surface area contributed by atoms with Crippen LogP contribution in [-0.2, 0) is 11.3 Å². The molecule has 0 saturated carbocycles. The van der Waals surface area contributed by atoms with Crippen LogP contribution in [0.4, 0.5) is 0 Å². The summed E-state index contributed by atoms with van der Waals surface area (Å²) in [5, 5.41) is 5.68. The summed E-state index contributed by atoms with van der Waals surface area (Å²) in [6.07, 6.45) is 3.35. The molecule has 0 aliphatic heterocycles. The van der Waals surface area contributed by atoms with Crippen LogP contribution >= 0.6 is 0 Å². The van der Waals surface area contributed by atoms with Crippen LogP contribution in [0.3, 0.4) is 0 Å². The van der Waals surface area contributed by atoms with Crippen LogP contribution in [0.15, 0.2) is 48.8 Å². The van der Waals surface area contributed by atoms with E-state index in [1.807, 2.05) is 32.9 Å². The highest BCUT2D eigenvalue weighted by Crippen LogP contribution is 2.13. The van der Waals surface area contributed by atoms with E-state index in [-0.39, 0.29) is 17.7 Å². The second-order valence-electron chi connectivity index (χ2n) is 6.23. The van der Waals surface area contributed by atoms with Crippen LogP contribution in [0.2, 0.25) is 0 Å². The van der Waals surface area contributed by atoms with E-state index < -0.39 is 6.04 Å². The first-order valence-corrected chi connectivity index (χ1v) is 8.71. The van der Waals surface area contributed by atoms with Gasteiger partial charge in [-0.1, -0.05) is 13.8 Å². The van der Waals surface area contributed by atoms with Gasteiger partial charge in [-0.05, 0) is 54.8 Å². The SMILES string of the molecule is CCOc1ccc(C(=O)N[C@H](C(=O)NCc2ccncc2)C(C)C)cc1. The summed E-state index contributed by atoms with van der Waals surface area (Å²) >= 11 is 0. The first-order chi connectivity index (χ1) is 12.5. The Labute approximate surface area is 154 Å². The van der Waals surface area contributed by atoms with Crippen LogP contribution in [0.25, 0.3) is 0 Å². The van der Waals surface area contributed by atoms with Gasteiger partial charge in [-0.3, -0.25) is 14.6 Å². The molecule has 1 heterocycles. The van der Waals surface area contributed by atoms with E-state index in [1.165, 1.54) is 0 Å². The zero-order valence-electron chi connectivity index (χ0n) is 15.4. The number of rotatable bonds is 8. The van der Waals surface area contributed by atoms with Crippen molar-refractivity contribution in [3.05, 3.63) is 59.9 Å². The predicted molar refractivity (Wildman–Crippen MR) is 99.8 cm³/mol. The third kappa shape index (κ3) is 5.58. The summed E-state index contributed by atoms with van der Waals surface area (Å²) in [5.41, 5.74) is 1.44. The van der Waals surface area contributed by atoms with Crippen molar-refractivity contribution in [1.82, 2.24) is 15.6 Å². The largest absolute Gasteiger partial charge is 0.494 e. The lowest BCUT2D eigenvalue weighted by atomic mass is 10.0. The molecule has 0 fully saturated rings. The number of benzene rings is 1. The van der Waals surface area contributed by atoms with E-state index in [1.54, 1.807) is 36.7 Å². The number of amides is 2. The standard InChI is InChI=1S/C20H25N3O3/c1-4-26-17-7-5-16(6-8-17)19(24)23-18(14(2)3)20(25)22-13-15-9-11-21-12-10-15/h5-12,14,18H,4,13H2,1-3H3,(H,22,25)(H,23,24)/t18-/m0/s1. The monoisotopic (exact) mass is 355 g/mol. The molecule has 0 spiro atoms. The first-order valence-electron chi connectivity index (χ1n) is 8.71. The van der Waals surface area contributed by atoms with Crippen molar-refractivity contribution in [2.45, 2.75) is 33.4 Å². The van der Waals surface area contributed by atoms with Gasteiger partial charge in [-0.25, -0.2) is 0 Å². The smallest absolute Gasteiger partial charge is 0.251 e. The van der Waals surface area contributed by atoms with Crippen LogP contribution < -0.4 is 15.4 Å². The van der Waals surface area contributed by atoms with Crippen molar-refractivity contribution in [3.8, 4) is 5.75 Å². The van der Waals surface area contributed by atoms with E-state index in [0.29, 0.717) is 24.5 Å². The minimum absolute atomic E-state index is 0.0425. The molecule has 6 nitrogen and oxygen atoms in total. The van der Waals surface area contributed by atoms with Gasteiger partial charge in [0.25, 0.3) is 5.91 Å². The Morgan fingerprint density at radius 2 is 1.73 bits per heavy atom. The first kappa shape index (κ1) is 19.4. The maximum absolute atomic E-state index is 12.5. The lowest BCUT2D eigenvalue weighted by molar-refractivity contribution is -0.124. The molecule has 138 valence electrons. The molecule has 6 heteroatoms. The highest BCUT2D eigenvalue weighted by molar-refractivity contribution is 5.97. The molecule has 0 bridgehead atoms. The van der Waals surface area contributed by atoms with Gasteiger partial charge in [0.1, 0.15) is 11.8 Å². The van der Waals surface area contributed by atoms with Gasteiger partial charge in [0.05, 0.1) is 6.61 Å². The maximum atomic E-state index is 12.5. The highest BCUT2D eigenvalue weighted by Gasteiger charge is 2.24. The molecule has 0 saturated heterocycles. The molecule has 26 heavy (non-hydrogen) atoms. The molecule has 1 aromatic carbocycles. The summed E-state index contributed by atoms with van der Waals surface area (Å²) in [6, 6.07) is 9.92. The molecule has 2 aromatic rings. The Bertz CT molecular complexity index is 715. The van der Waals surface area contributed by atoms with Crippen molar-refractivity contribution < 1.29 is 14.3 Å². The molecule has 1 atom stereocenters. The fraction of sp³-hybridized carbons (Fsp3) is 0.350. The van der Waals surface area contributed by atoms with E-state index in [9.17, 15) is 9.59 Å². The Morgan fingerprint density at radius 3 is 2.31 bits per heavy atom. The fourth-order valence-corrected chi connectivity index (χ4v) is 2.43. The summed E-state index contributed by atoms with van der Waals surface area (Å²) in [4.78, 5) is 28.9. The van der Waals surface area contributed by atoms with Gasteiger partial charge in [0, 0.05) is 24.5 Å². The number of ether oxygens (including phenoxy) is 1. The van der Waals surface area contributed by atoms with Gasteiger partial charge in [-0.15, -0.1) is 0 Å². The maximum Gasteiger partial charge on any atom is 0.251 e. The molecule has 2 rings (SSSR count). The number of aromatic nitrogens is 1. The van der Waals surface area contributed by atoms with E-state index in [0.717, 1.165) is 5.56 Å². The predicted octanol–water partition coefficient (Wildman–Crippen LogP) is 2.55. The molecule has 0 aliphatic rings. The molecular weight excluding hydrogens is 330 g/mol. The number of carbonyl (C=O) groups is 2. The second-order valence-corrected chi connectivity index (χ2v) is 6.23. The van der Waals surface area contributed by atoms with Crippen molar-refractivity contribution in [1.29, 1.82) is 0 Å². The molecule has 0 unspecified atom stereocenters. The molecule has 0 radical (unpaired) electrons. The topological polar surface area (TPSA) is 80.3 Å². The molecule has 2 amide bonds. The van der Waals surface area contributed by atoms with Crippen molar-refractivity contribution in [2.24, 2.45) is 5.92 Å². The van der Waals surface area contributed by atoms with Crippen molar-refractivity contribution >= 4 is 11.8 Å². The Hall–Kier alpha value is -2.89. The minimum Gasteiger partial charge on any atom is -0.494 e. The Balaban J connectivity index is 1.97. The van der Waals surface area contributed by atoms with Crippen LogP contribution in [-0.4, -0.2) is 29.4 Å². The van der Waals surface area contributed by atoms with Crippen LogP contribution in [0.1, 0.15) is 36.7 Å². The summed E-state index contributed by atoms with van der Waals surface area (Å²) in [6.45, 7) is 6.66. The molecule has 0 aliphatic carbocycles. The van der Waals surface area contributed by atoms with E-state index >= 15 is 0 Å². The molecule has 2 N–H and O–H groups in total. The van der Waals surface area contributed by atoms with Crippen LogP contribution in [0, 0.1) is 5.92 Å². The number of hydrogen-bond acceptors (Lipinski definition) is 4. The zero-order chi connectivity index (χ0) is 18.9. The second kappa shape index (κ2) is 9.56. The summed E-state index contributed by atoms with van der Waals surface area (Å²) < 4.78 is 5.37. The van der Waals surface area contributed by atoms with Crippen LogP contribution in [0.5, 0.6) is 5.75 Å². The Morgan fingerprint density at radius 1 is 1.08 bits per heavy atom. The third-order valence-corrected chi connectivity index (χ3v) is 3.88. The average molecular weight is 355 g/mol. The van der Waals surface area contributed by atoms with Gasteiger partial charge in [-0.2, -0.15) is 0 Å². The van der Waals surface area contributed by atoms with Gasteiger partial charge >= 0.3 is 0 Å². The number of hydrogen-bond donors (Lipinski definition) is 2. The lowest BCUT2D eigenvalue weighted by Crippen LogP contribution is -2.49. The van der Waals surface area contributed by atoms with Gasteiger partial charge < -0.3 is 15.4 Å². The minimum atomic E-state index is -0.615. The normalized spacial score (nSPS) is 11.7. The van der Waals surface area contributed by atoms with E-state index in [4.69, 9.17) is 4.74 Å². The lowest BCUT2D eigenvalue weighted by Gasteiger charge is -2.22. The fourth-order valence-electron chi connectivity index (χ4n) is 2.43. The summed E-state index contributed by atoms with van der Waals surface area (Å²) in [7, 11) is 0. The van der Waals surface area contributed by atoms with Crippen molar-refractivity contribution in [3.63, 3.8) is 0 Å². The number of pyridine rings is 1. The number of carbonyl (C=O) groups excluding carboxylic acids is 2. The third-order valence-electron chi connectivity index (χ3n) is 3.88. The zero-order valence-corrected chi connectivity index (χ0v) is 15.4. The van der Waals surface area contributed by atoms with E-state index in [2.05, 4.69) is 15.6 Å². The summed E-state index contributed by atoms with van der Waals surface area (Å²) in [5.74, 6) is 0.167. The van der Waals surface area contributed by atoms with Crippen molar-refractivity contribution in [2.75, 3.05) is 6.61 Å². The quantitative estimate of drug-likeness (QED) is 0.763. The van der Waals surface area contributed by atoms with Gasteiger partial charge in [0.2, 0.25) is 5.91 Å². The highest BCUT2D eigenvalue weighted by atomic mass is 16.5. The number of nitrogens with zero attached hydrogens (tertiary/aromatic N) is 1. The van der Waals surface area contributed by atoms with Gasteiger partial charge in [0.15, 0.2) is 0 Å².